The van der Waals surface area contributed by atoms with Gasteiger partial charge in [0.05, 0.1) is 6.04 Å². The summed E-state index contributed by atoms with van der Waals surface area (Å²) in [5, 5.41) is 26.5. The van der Waals surface area contributed by atoms with Crippen molar-refractivity contribution in [2.24, 2.45) is 17.6 Å². The predicted molar refractivity (Wildman–Crippen MR) is 131 cm³/mol. The molecular formula is C23H36N4O6S. The molecule has 7 N–H and O–H groups in total. The molecule has 0 saturated carbocycles. The van der Waals surface area contributed by atoms with Gasteiger partial charge in [-0.15, -0.1) is 0 Å². The van der Waals surface area contributed by atoms with Crippen LogP contribution in [0.2, 0.25) is 0 Å². The summed E-state index contributed by atoms with van der Waals surface area (Å²) in [7, 11) is 0. The molecule has 0 fully saturated rings. The fraction of sp³-hybridized carbons (Fsp3) is 0.565. The lowest BCUT2D eigenvalue weighted by molar-refractivity contribution is -0.143. The van der Waals surface area contributed by atoms with E-state index in [1.165, 1.54) is 12.1 Å². The lowest BCUT2D eigenvalue weighted by atomic mass is 9.99. The number of nitrogens with one attached hydrogen (secondary N) is 3. The van der Waals surface area contributed by atoms with Crippen molar-refractivity contribution in [2.75, 3.05) is 5.75 Å². The molecule has 1 rings (SSSR count). The van der Waals surface area contributed by atoms with Gasteiger partial charge >= 0.3 is 5.97 Å². The number of nitrogens with two attached hydrogens (primary N) is 1. The van der Waals surface area contributed by atoms with Crippen LogP contribution in [-0.4, -0.2) is 63.8 Å². The second-order valence-corrected chi connectivity index (χ2v) is 9.02. The number of hydrogen-bond acceptors (Lipinski definition) is 7. The minimum atomic E-state index is -1.20. The Labute approximate surface area is 205 Å². The van der Waals surface area contributed by atoms with Crippen molar-refractivity contribution in [1.29, 1.82) is 0 Å². The van der Waals surface area contributed by atoms with Crippen LogP contribution < -0.4 is 21.7 Å². The number of thiol groups is 1. The van der Waals surface area contributed by atoms with Gasteiger partial charge in [0, 0.05) is 12.2 Å². The number of carboxylic acid groups (broad SMARTS) is 1. The second-order valence-electron chi connectivity index (χ2n) is 8.66. The van der Waals surface area contributed by atoms with Crippen molar-refractivity contribution in [3.63, 3.8) is 0 Å². The van der Waals surface area contributed by atoms with Crippen molar-refractivity contribution in [2.45, 2.75) is 64.7 Å². The van der Waals surface area contributed by atoms with E-state index in [-0.39, 0.29) is 23.8 Å². The molecule has 0 aliphatic heterocycles. The molecule has 0 aliphatic rings. The molecule has 190 valence electrons. The molecule has 0 aromatic heterocycles. The normalized spacial score (nSPS) is 15.5. The van der Waals surface area contributed by atoms with E-state index in [4.69, 9.17) is 5.73 Å². The fourth-order valence-electron chi connectivity index (χ4n) is 3.09. The summed E-state index contributed by atoms with van der Waals surface area (Å²) in [6.45, 7) is 7.03. The van der Waals surface area contributed by atoms with Crippen LogP contribution in [0.5, 0.6) is 5.75 Å². The van der Waals surface area contributed by atoms with E-state index in [2.05, 4.69) is 28.6 Å². The maximum Gasteiger partial charge on any atom is 0.326 e. The summed E-state index contributed by atoms with van der Waals surface area (Å²) in [6.07, 6.45) is 0.712. The molecule has 5 atom stereocenters. The van der Waals surface area contributed by atoms with Crippen LogP contribution in [0, 0.1) is 11.8 Å². The van der Waals surface area contributed by atoms with Gasteiger partial charge in [-0.1, -0.05) is 46.2 Å². The molecule has 0 bridgehead atoms. The van der Waals surface area contributed by atoms with Crippen molar-refractivity contribution in [1.82, 2.24) is 16.0 Å². The van der Waals surface area contributed by atoms with Crippen molar-refractivity contribution in [3.8, 4) is 5.75 Å². The zero-order chi connectivity index (χ0) is 26.0. The SMILES string of the molecule is CCC(C)C(N)C(=O)NC(CS)C(=O)NC(Cc1ccc(O)cc1)C(=O)NC(C(=O)O)C(C)C. The van der Waals surface area contributed by atoms with Gasteiger partial charge in [-0.2, -0.15) is 12.6 Å². The molecular weight excluding hydrogens is 460 g/mol. The van der Waals surface area contributed by atoms with Crippen LogP contribution in [0.1, 0.15) is 39.7 Å². The lowest BCUT2D eigenvalue weighted by Gasteiger charge is -2.26. The Morgan fingerprint density at radius 1 is 0.941 bits per heavy atom. The third kappa shape index (κ3) is 8.86. The number of phenols is 1. The number of aliphatic carboxylic acids is 1. The zero-order valence-electron chi connectivity index (χ0n) is 19.9. The van der Waals surface area contributed by atoms with Crippen LogP contribution in [0.4, 0.5) is 0 Å². The molecule has 11 heteroatoms. The Hall–Kier alpha value is -2.79. The number of rotatable bonds is 13. The van der Waals surface area contributed by atoms with E-state index in [0.717, 1.165) is 0 Å². The van der Waals surface area contributed by atoms with Gasteiger partial charge in [0.25, 0.3) is 0 Å². The number of carboxylic acids is 1. The highest BCUT2D eigenvalue weighted by molar-refractivity contribution is 7.80. The molecule has 0 heterocycles. The minimum Gasteiger partial charge on any atom is -0.508 e. The number of aromatic hydroxyl groups is 1. The Kier molecular flexibility index (Phi) is 11.9. The van der Waals surface area contributed by atoms with E-state index in [9.17, 15) is 29.4 Å². The topological polar surface area (TPSA) is 171 Å². The Morgan fingerprint density at radius 2 is 1.47 bits per heavy atom. The van der Waals surface area contributed by atoms with Crippen LogP contribution in [0.15, 0.2) is 24.3 Å². The van der Waals surface area contributed by atoms with Crippen LogP contribution >= 0.6 is 12.6 Å². The fourth-order valence-corrected chi connectivity index (χ4v) is 3.35. The predicted octanol–water partition coefficient (Wildman–Crippen LogP) is 0.433. The van der Waals surface area contributed by atoms with E-state index in [1.54, 1.807) is 26.0 Å². The second kappa shape index (κ2) is 13.8. The Balaban J connectivity index is 3.06. The lowest BCUT2D eigenvalue weighted by Crippen LogP contribution is -2.59. The van der Waals surface area contributed by atoms with Gasteiger partial charge in [-0.3, -0.25) is 14.4 Å². The van der Waals surface area contributed by atoms with Crippen LogP contribution in [0.25, 0.3) is 0 Å². The summed E-state index contributed by atoms with van der Waals surface area (Å²) in [6, 6.07) is 1.89. The van der Waals surface area contributed by atoms with Crippen molar-refractivity contribution in [3.05, 3.63) is 29.8 Å². The summed E-state index contributed by atoms with van der Waals surface area (Å²) in [5.74, 6) is -3.54. The molecule has 5 unspecified atom stereocenters. The Morgan fingerprint density at radius 3 is 1.94 bits per heavy atom. The molecule has 3 amide bonds. The molecule has 0 spiro atoms. The molecule has 1 aromatic rings. The summed E-state index contributed by atoms with van der Waals surface area (Å²) in [4.78, 5) is 49.9. The Bertz CT molecular complexity index is 848. The van der Waals surface area contributed by atoms with E-state index in [1.807, 2.05) is 13.8 Å². The standard InChI is InChI=1S/C23H36N4O6S/c1-5-13(4)18(24)22(31)26-17(11-34)21(30)25-16(10-14-6-8-15(28)9-7-14)20(29)27-19(12(2)3)23(32)33/h6-9,12-13,16-19,28,34H,5,10-11,24H2,1-4H3,(H,25,30)(H,26,31)(H,27,29)(H,32,33). The average molecular weight is 497 g/mol. The summed E-state index contributed by atoms with van der Waals surface area (Å²) < 4.78 is 0. The first-order valence-electron chi connectivity index (χ1n) is 11.2. The average Bonchev–Trinajstić information content (AvgIpc) is 2.79. The van der Waals surface area contributed by atoms with Gasteiger partial charge in [0.15, 0.2) is 0 Å². The monoisotopic (exact) mass is 496 g/mol. The largest absolute Gasteiger partial charge is 0.508 e. The number of benzene rings is 1. The maximum absolute atomic E-state index is 13.0. The molecule has 34 heavy (non-hydrogen) atoms. The van der Waals surface area contributed by atoms with Gasteiger partial charge in [0.2, 0.25) is 17.7 Å². The third-order valence-electron chi connectivity index (χ3n) is 5.61. The molecule has 1 aromatic carbocycles. The van der Waals surface area contributed by atoms with Gasteiger partial charge < -0.3 is 31.9 Å². The van der Waals surface area contributed by atoms with Crippen molar-refractivity contribution >= 4 is 36.3 Å². The first-order chi connectivity index (χ1) is 15.9. The molecule has 10 nitrogen and oxygen atoms in total. The highest BCUT2D eigenvalue weighted by atomic mass is 32.1. The number of amides is 3. The zero-order valence-corrected chi connectivity index (χ0v) is 20.8. The summed E-state index contributed by atoms with van der Waals surface area (Å²) in [5.41, 5.74) is 6.57. The maximum atomic E-state index is 13.0. The third-order valence-corrected chi connectivity index (χ3v) is 5.98. The minimum absolute atomic E-state index is 0.0297. The van der Waals surface area contributed by atoms with Gasteiger partial charge in [0.1, 0.15) is 23.9 Å². The number of carbonyl (C=O) groups excluding carboxylic acids is 3. The van der Waals surface area contributed by atoms with Crippen LogP contribution in [0.3, 0.4) is 0 Å². The van der Waals surface area contributed by atoms with Gasteiger partial charge in [-0.05, 0) is 29.5 Å². The quantitative estimate of drug-likeness (QED) is 0.194. The van der Waals surface area contributed by atoms with Gasteiger partial charge in [-0.25, -0.2) is 4.79 Å². The molecule has 0 saturated heterocycles. The highest BCUT2D eigenvalue weighted by Crippen LogP contribution is 2.13. The first kappa shape index (κ1) is 29.2. The molecule has 0 aliphatic carbocycles. The summed E-state index contributed by atoms with van der Waals surface area (Å²) >= 11 is 4.14. The number of carbonyl (C=O) groups is 4. The van der Waals surface area contributed by atoms with Crippen LogP contribution in [-0.2, 0) is 25.6 Å². The molecule has 0 radical (unpaired) electrons. The van der Waals surface area contributed by atoms with E-state index >= 15 is 0 Å². The number of phenolic OH excluding ortho intramolecular Hbond substituents is 1. The van der Waals surface area contributed by atoms with Crippen molar-refractivity contribution < 1.29 is 29.4 Å². The highest BCUT2D eigenvalue weighted by Gasteiger charge is 2.31. The smallest absolute Gasteiger partial charge is 0.326 e. The van der Waals surface area contributed by atoms with E-state index in [0.29, 0.717) is 12.0 Å². The number of hydrogen-bond donors (Lipinski definition) is 7. The van der Waals surface area contributed by atoms with E-state index < -0.39 is 53.8 Å². The first-order valence-corrected chi connectivity index (χ1v) is 11.8.